The highest BCUT2D eigenvalue weighted by atomic mass is 19.4. The normalized spacial score (nSPS) is 30.5. The van der Waals surface area contributed by atoms with Gasteiger partial charge in [0, 0.05) is 7.11 Å². The van der Waals surface area contributed by atoms with Gasteiger partial charge in [0.15, 0.2) is 0 Å². The number of ether oxygens (including phenoxy) is 1. The summed E-state index contributed by atoms with van der Waals surface area (Å²) >= 11 is 0. The van der Waals surface area contributed by atoms with Crippen LogP contribution in [0.25, 0.3) is 0 Å². The molecule has 0 saturated carbocycles. The van der Waals surface area contributed by atoms with Crippen LogP contribution in [0.5, 0.6) is 0 Å². The van der Waals surface area contributed by atoms with Crippen molar-refractivity contribution < 1.29 is 70.6 Å². The van der Waals surface area contributed by atoms with Crippen LogP contribution >= 0.6 is 0 Å². The summed E-state index contributed by atoms with van der Waals surface area (Å²) < 4.78 is 200. The Morgan fingerprint density at radius 2 is 0.923 bits per heavy atom. The van der Waals surface area contributed by atoms with E-state index in [1.165, 1.54) is 0 Å². The smallest absolute Gasteiger partial charge is 0.320 e. The first-order valence-electron chi connectivity index (χ1n) is 5.72. The molecule has 1 atom stereocenters. The molecule has 0 amide bonds. The summed E-state index contributed by atoms with van der Waals surface area (Å²) in [7, 11) is -0.305. The van der Waals surface area contributed by atoms with E-state index in [0.717, 1.165) is 0 Å². The summed E-state index contributed by atoms with van der Waals surface area (Å²) in [5.74, 6) is -31.6. The lowest BCUT2D eigenvalue weighted by Crippen LogP contribution is -2.69. The predicted octanol–water partition coefficient (Wildman–Crippen LogP) is 4.56. The highest BCUT2D eigenvalue weighted by Gasteiger charge is 2.97. The highest BCUT2D eigenvalue weighted by molar-refractivity contribution is 5.16. The van der Waals surface area contributed by atoms with E-state index >= 15 is 0 Å². The first-order valence-corrected chi connectivity index (χ1v) is 5.72. The molecule has 0 aromatic carbocycles. The molecular weight excluding hydrogens is 423 g/mol. The molecule has 0 bridgehead atoms. The monoisotopic (exact) mass is 427 g/mol. The SMILES string of the molecule is COC(F)(F)C(F)N1C(F)(F)C(F)(F)C(F)(F)C(F)(F)C(F)(F)C1(F)F. The minimum Gasteiger partial charge on any atom is -0.320 e. The Bertz CT molecular complexity index is 519. The van der Waals surface area contributed by atoms with Gasteiger partial charge in [0.2, 0.25) is 0 Å². The van der Waals surface area contributed by atoms with Gasteiger partial charge in [0.05, 0.1) is 0 Å². The summed E-state index contributed by atoms with van der Waals surface area (Å²) in [5, 5.41) is 0. The number of rotatable bonds is 3. The van der Waals surface area contributed by atoms with E-state index in [1.54, 1.807) is 0 Å². The Morgan fingerprint density at radius 1 is 0.654 bits per heavy atom. The van der Waals surface area contributed by atoms with E-state index in [9.17, 15) is 65.9 Å². The van der Waals surface area contributed by atoms with Crippen molar-refractivity contribution in [2.45, 2.75) is 48.2 Å². The van der Waals surface area contributed by atoms with Gasteiger partial charge in [-0.25, -0.2) is 4.39 Å². The van der Waals surface area contributed by atoms with Gasteiger partial charge in [-0.1, -0.05) is 0 Å². The van der Waals surface area contributed by atoms with Crippen LogP contribution in [0.15, 0.2) is 0 Å². The van der Waals surface area contributed by atoms with Crippen LogP contribution in [0, 0.1) is 0 Å². The molecule has 26 heavy (non-hydrogen) atoms. The zero-order valence-electron chi connectivity index (χ0n) is 11.6. The number of alkyl halides is 15. The van der Waals surface area contributed by atoms with Crippen LogP contribution in [-0.4, -0.2) is 60.2 Å². The zero-order chi connectivity index (χ0) is 21.4. The van der Waals surface area contributed by atoms with Crippen LogP contribution in [-0.2, 0) is 4.74 Å². The molecule has 1 unspecified atom stereocenters. The predicted molar refractivity (Wildman–Crippen MR) is 48.4 cm³/mol. The summed E-state index contributed by atoms with van der Waals surface area (Å²) in [6.07, 6.45) is -11.7. The second-order valence-electron chi connectivity index (χ2n) is 4.85. The van der Waals surface area contributed by atoms with Gasteiger partial charge < -0.3 is 4.74 Å². The fraction of sp³-hybridized carbons (Fsp3) is 1.00. The number of likely N-dealkylation sites (tertiary alicyclic amines) is 1. The molecule has 0 aromatic rings. The Hall–Kier alpha value is -1.13. The van der Waals surface area contributed by atoms with Crippen LogP contribution in [0.1, 0.15) is 0 Å². The lowest BCUT2D eigenvalue weighted by atomic mass is 9.99. The molecule has 1 saturated heterocycles. The number of nitrogens with zero attached hydrogens (tertiary/aromatic N) is 1. The topological polar surface area (TPSA) is 12.5 Å². The molecule has 1 aliphatic heterocycles. The number of hydrogen-bond acceptors (Lipinski definition) is 2. The van der Waals surface area contributed by atoms with E-state index in [4.69, 9.17) is 0 Å². The summed E-state index contributed by atoms with van der Waals surface area (Å²) in [5.41, 5.74) is 0. The van der Waals surface area contributed by atoms with Gasteiger partial charge in [0.25, 0.3) is 6.30 Å². The van der Waals surface area contributed by atoms with Crippen molar-refractivity contribution >= 4 is 0 Å². The van der Waals surface area contributed by atoms with E-state index in [-0.39, 0.29) is 7.11 Å². The van der Waals surface area contributed by atoms with Crippen molar-refractivity contribution in [3.05, 3.63) is 0 Å². The quantitative estimate of drug-likeness (QED) is 0.484. The van der Waals surface area contributed by atoms with Crippen LogP contribution in [0.3, 0.4) is 0 Å². The van der Waals surface area contributed by atoms with Gasteiger partial charge in [-0.15, -0.1) is 4.90 Å². The van der Waals surface area contributed by atoms with Crippen LogP contribution in [0.2, 0.25) is 0 Å². The van der Waals surface area contributed by atoms with Gasteiger partial charge in [-0.05, 0) is 0 Å². The minimum absolute atomic E-state index is 0.305. The van der Waals surface area contributed by atoms with Gasteiger partial charge >= 0.3 is 41.9 Å². The van der Waals surface area contributed by atoms with Crippen molar-refractivity contribution in [1.29, 1.82) is 0 Å². The van der Waals surface area contributed by atoms with E-state index < -0.39 is 53.1 Å². The van der Waals surface area contributed by atoms with Crippen LogP contribution in [0.4, 0.5) is 65.9 Å². The zero-order valence-corrected chi connectivity index (χ0v) is 11.6. The molecule has 1 fully saturated rings. The van der Waals surface area contributed by atoms with E-state index in [1.807, 2.05) is 0 Å². The van der Waals surface area contributed by atoms with Gasteiger partial charge in [-0.2, -0.15) is 61.5 Å². The Kier molecular flexibility index (Phi) is 4.80. The first-order chi connectivity index (χ1) is 11.1. The maximum absolute atomic E-state index is 13.4. The summed E-state index contributed by atoms with van der Waals surface area (Å²) in [6.45, 7) is 0. The van der Waals surface area contributed by atoms with Gasteiger partial charge in [0.1, 0.15) is 0 Å². The average Bonchev–Trinajstić information content (AvgIpc) is 2.45. The number of halogens is 15. The Morgan fingerprint density at radius 3 is 1.15 bits per heavy atom. The molecular formula is C9H4F15NO. The van der Waals surface area contributed by atoms with Crippen molar-refractivity contribution in [2.24, 2.45) is 0 Å². The summed E-state index contributed by atoms with van der Waals surface area (Å²) in [4.78, 5) is -3.75. The molecule has 0 aromatic heterocycles. The largest absolute Gasteiger partial charge is 0.400 e. The highest BCUT2D eigenvalue weighted by Crippen LogP contribution is 2.66. The molecule has 0 radical (unpaired) electrons. The first kappa shape index (κ1) is 22.9. The van der Waals surface area contributed by atoms with Gasteiger partial charge in [-0.3, -0.25) is 0 Å². The minimum atomic E-state index is -7.92. The molecule has 0 spiro atoms. The average molecular weight is 427 g/mol. The fourth-order valence-corrected chi connectivity index (χ4v) is 1.78. The van der Waals surface area contributed by atoms with Crippen molar-refractivity contribution in [3.63, 3.8) is 0 Å². The molecule has 1 heterocycles. The van der Waals surface area contributed by atoms with Crippen molar-refractivity contribution in [2.75, 3.05) is 7.11 Å². The van der Waals surface area contributed by atoms with E-state index in [2.05, 4.69) is 4.74 Å². The van der Waals surface area contributed by atoms with Crippen LogP contribution < -0.4 is 0 Å². The number of methoxy groups -OCH3 is 1. The third-order valence-corrected chi connectivity index (χ3v) is 3.32. The Balaban J connectivity index is 3.97. The standard InChI is InChI=1S/C9H4F15NO/c1-26-3(11,12)2(10)25-8(21,22)6(17,18)4(13,14)5(15,16)7(19,20)9(25,23)24/h2H,1H3. The molecule has 1 aliphatic rings. The molecule has 2 nitrogen and oxygen atoms in total. The molecule has 1 rings (SSSR count). The molecule has 156 valence electrons. The third-order valence-electron chi connectivity index (χ3n) is 3.32. The number of hydrogen-bond donors (Lipinski definition) is 0. The second-order valence-corrected chi connectivity index (χ2v) is 4.85. The lowest BCUT2D eigenvalue weighted by Gasteiger charge is -2.41. The Labute approximate surface area is 132 Å². The van der Waals surface area contributed by atoms with E-state index in [0.29, 0.717) is 0 Å². The maximum atomic E-state index is 13.4. The molecule has 0 N–H and O–H groups in total. The second kappa shape index (κ2) is 5.45. The summed E-state index contributed by atoms with van der Waals surface area (Å²) in [6, 6.07) is -15.3. The van der Waals surface area contributed by atoms with Crippen molar-refractivity contribution in [3.8, 4) is 0 Å². The fourth-order valence-electron chi connectivity index (χ4n) is 1.78. The van der Waals surface area contributed by atoms with Crippen molar-refractivity contribution in [1.82, 2.24) is 4.90 Å². The molecule has 17 heteroatoms. The maximum Gasteiger partial charge on any atom is 0.400 e. The third kappa shape index (κ3) is 2.31. The molecule has 0 aliphatic carbocycles. The lowest BCUT2D eigenvalue weighted by molar-refractivity contribution is -0.436.